The maximum atomic E-state index is 6.43. The van der Waals surface area contributed by atoms with Gasteiger partial charge in [-0.25, -0.2) is 0 Å². The lowest BCUT2D eigenvalue weighted by atomic mass is 10.3. The van der Waals surface area contributed by atoms with Crippen LogP contribution in [0, 0.1) is 13.8 Å². The van der Waals surface area contributed by atoms with Gasteiger partial charge in [-0.2, -0.15) is 0 Å². The minimum atomic E-state index is -1.49. The summed E-state index contributed by atoms with van der Waals surface area (Å²) in [5, 5.41) is 2.95. The Labute approximate surface area is 110 Å². The summed E-state index contributed by atoms with van der Waals surface area (Å²) >= 11 is 0. The van der Waals surface area contributed by atoms with Crippen molar-refractivity contribution >= 4 is 23.8 Å². The lowest BCUT2D eigenvalue weighted by molar-refractivity contribution is 0.565. The predicted octanol–water partition coefficient (Wildman–Crippen LogP) is 4.23. The van der Waals surface area contributed by atoms with Crippen molar-refractivity contribution in [2.75, 3.05) is 0 Å². The lowest BCUT2D eigenvalue weighted by Crippen LogP contribution is -2.40. The molecule has 0 amide bonds. The van der Waals surface area contributed by atoms with Gasteiger partial charge in [0.1, 0.15) is 0 Å². The fraction of sp³-hybridized carbons (Fsp3) is 0.615. The van der Waals surface area contributed by atoms with Crippen molar-refractivity contribution in [2.45, 2.75) is 53.1 Å². The first-order valence-corrected chi connectivity index (χ1v) is 15.7. The Morgan fingerprint density at radius 1 is 0.941 bits per heavy atom. The van der Waals surface area contributed by atoms with Gasteiger partial charge in [0, 0.05) is 0 Å². The lowest BCUT2D eigenvalue weighted by Gasteiger charge is -2.29. The van der Waals surface area contributed by atoms with Crippen molar-refractivity contribution in [1.82, 2.24) is 0 Å². The minimum absolute atomic E-state index is 0.600. The molecule has 4 heteroatoms. The van der Waals surface area contributed by atoms with Gasteiger partial charge in [-0.15, -0.1) is 0 Å². The molecule has 0 bridgehead atoms. The van der Waals surface area contributed by atoms with Crippen LogP contribution in [0.3, 0.4) is 0 Å². The summed E-state index contributed by atoms with van der Waals surface area (Å²) in [5.41, 5.74) is 1.37. The molecule has 0 radical (unpaired) electrons. The van der Waals surface area contributed by atoms with E-state index in [1.807, 2.05) is 0 Å². The Kier molecular flexibility index (Phi) is 4.21. The van der Waals surface area contributed by atoms with Crippen molar-refractivity contribution < 1.29 is 4.43 Å². The largest absolute Gasteiger partial charge is 0.548 e. The highest BCUT2D eigenvalue weighted by Crippen LogP contribution is 2.26. The molecule has 0 saturated carbocycles. The molecule has 1 nitrogen and oxygen atoms in total. The van der Waals surface area contributed by atoms with E-state index in [4.69, 9.17) is 4.43 Å². The summed E-state index contributed by atoms with van der Waals surface area (Å²) in [6.07, 6.45) is 0. The van der Waals surface area contributed by atoms with Crippen LogP contribution in [-0.2, 0) is 0 Å². The van der Waals surface area contributed by atoms with Crippen molar-refractivity contribution in [3.8, 4) is 5.36 Å². The van der Waals surface area contributed by atoms with Crippen LogP contribution >= 0.6 is 0 Å². The molecule has 0 fully saturated rings. The van der Waals surface area contributed by atoms with Gasteiger partial charge in [-0.3, -0.25) is 0 Å². The molecule has 1 rings (SSSR count). The normalized spacial score (nSPS) is 12.7. The third-order valence-corrected chi connectivity index (χ3v) is 13.5. The second-order valence-corrected chi connectivity index (χ2v) is 23.8. The van der Waals surface area contributed by atoms with Crippen LogP contribution in [-0.4, -0.2) is 23.8 Å². The van der Waals surface area contributed by atoms with Crippen molar-refractivity contribution in [3.05, 3.63) is 22.9 Å². The van der Waals surface area contributed by atoms with E-state index >= 15 is 0 Å². The van der Waals surface area contributed by atoms with Gasteiger partial charge in [0.15, 0.2) is 0 Å². The van der Waals surface area contributed by atoms with E-state index in [1.165, 1.54) is 10.9 Å². The second-order valence-electron chi connectivity index (χ2n) is 6.87. The van der Waals surface area contributed by atoms with Crippen molar-refractivity contribution in [2.24, 2.45) is 0 Å². The average molecular weight is 283 g/mol. The highest BCUT2D eigenvalue weighted by atomic mass is 29.2. The Hall–Kier alpha value is -0.199. The first-order valence-electron chi connectivity index (χ1n) is 6.32. The smallest absolute Gasteiger partial charge is 0.241 e. The quantitative estimate of drug-likeness (QED) is 0.754. The van der Waals surface area contributed by atoms with Crippen molar-refractivity contribution in [3.63, 3.8) is 0 Å². The third kappa shape index (κ3) is 3.89. The molecule has 0 atom stereocenters. The zero-order valence-corrected chi connectivity index (χ0v) is 15.6. The zero-order valence-electron chi connectivity index (χ0n) is 12.6. The Balaban J connectivity index is 3.41. The van der Waals surface area contributed by atoms with E-state index < -0.39 is 23.8 Å². The molecule has 0 aliphatic heterocycles. The van der Waals surface area contributed by atoms with Gasteiger partial charge in [-0.05, 0) is 39.1 Å². The number of hydrogen-bond acceptors (Lipinski definition) is 1. The summed E-state index contributed by atoms with van der Waals surface area (Å²) in [4.78, 5) is 0. The SMILES string of the molecule is Cc1ccc(C)[si]([Si](C)(C)C)c1O[Si](C)(C)C. The Morgan fingerprint density at radius 3 is 1.88 bits per heavy atom. The molecular formula is C13H26OSi3. The number of rotatable bonds is 3. The number of aryl methyl sites for hydroxylation is 2. The van der Waals surface area contributed by atoms with Gasteiger partial charge in [0.2, 0.25) is 8.32 Å². The molecular weight excluding hydrogens is 256 g/mol. The molecule has 0 aliphatic carbocycles. The van der Waals surface area contributed by atoms with E-state index in [-0.39, 0.29) is 0 Å². The summed E-state index contributed by atoms with van der Waals surface area (Å²) in [6, 6.07) is 4.55. The Bertz CT molecular complexity index is 414. The van der Waals surface area contributed by atoms with Gasteiger partial charge < -0.3 is 4.43 Å². The Morgan fingerprint density at radius 2 is 1.47 bits per heavy atom. The summed E-state index contributed by atoms with van der Waals surface area (Å²) in [7, 11) is -3.27. The van der Waals surface area contributed by atoms with Gasteiger partial charge >= 0.3 is 0 Å². The molecule has 0 aliphatic rings. The molecule has 0 N–H and O–H groups in total. The van der Waals surface area contributed by atoms with E-state index in [2.05, 4.69) is 65.3 Å². The monoisotopic (exact) mass is 282 g/mol. The summed E-state index contributed by atoms with van der Waals surface area (Å²) in [6.45, 7) is 18.8. The third-order valence-electron chi connectivity index (χ3n) is 2.72. The zero-order chi connectivity index (χ0) is 13.4. The average Bonchev–Trinajstić information content (AvgIpc) is 2.06. The van der Waals surface area contributed by atoms with Crippen LogP contribution < -0.4 is 4.43 Å². The fourth-order valence-electron chi connectivity index (χ4n) is 2.16. The molecule has 96 valence electrons. The van der Waals surface area contributed by atoms with Crippen LogP contribution in [0.15, 0.2) is 12.1 Å². The molecule has 0 aromatic carbocycles. The minimum Gasteiger partial charge on any atom is -0.548 e. The molecule has 0 saturated heterocycles. The van der Waals surface area contributed by atoms with E-state index in [1.54, 1.807) is 5.17 Å². The standard InChI is InChI=1S/C13H26OSi3/c1-11-9-10-12(2)15(17(6,7)8)13(11)14-16(3,4)5/h9-10H,1-8H3. The topological polar surface area (TPSA) is 9.23 Å². The number of hydrogen-bond donors (Lipinski definition) is 0. The molecule has 1 aromatic rings. The maximum absolute atomic E-state index is 6.43. The molecule has 0 unspecified atom stereocenters. The second kappa shape index (κ2) is 4.82. The van der Waals surface area contributed by atoms with E-state index in [0.717, 1.165) is 0 Å². The molecule has 1 heterocycles. The van der Waals surface area contributed by atoms with E-state index in [0.29, 0.717) is 0 Å². The van der Waals surface area contributed by atoms with Crippen LogP contribution in [0.5, 0.6) is 5.36 Å². The summed E-state index contributed by atoms with van der Waals surface area (Å²) < 4.78 is 6.43. The maximum Gasteiger partial charge on any atom is 0.241 e. The van der Waals surface area contributed by atoms with Crippen LogP contribution in [0.25, 0.3) is 0 Å². The predicted molar refractivity (Wildman–Crippen MR) is 84.6 cm³/mol. The van der Waals surface area contributed by atoms with Crippen LogP contribution in [0.2, 0.25) is 39.3 Å². The van der Waals surface area contributed by atoms with Crippen LogP contribution in [0.4, 0.5) is 0 Å². The van der Waals surface area contributed by atoms with Crippen LogP contribution in [0.1, 0.15) is 10.7 Å². The van der Waals surface area contributed by atoms with Crippen molar-refractivity contribution in [1.29, 1.82) is 0 Å². The fourth-order valence-corrected chi connectivity index (χ4v) is 14.1. The van der Waals surface area contributed by atoms with E-state index in [9.17, 15) is 0 Å². The van der Waals surface area contributed by atoms with Gasteiger partial charge in [0.05, 0.1) is 20.9 Å². The van der Waals surface area contributed by atoms with Gasteiger partial charge in [0.25, 0.3) is 0 Å². The first kappa shape index (κ1) is 14.9. The molecule has 17 heavy (non-hydrogen) atoms. The highest BCUT2D eigenvalue weighted by Gasteiger charge is 2.28. The van der Waals surface area contributed by atoms with Gasteiger partial charge in [-0.1, -0.05) is 36.9 Å². The molecule has 0 spiro atoms. The molecule has 1 aromatic heterocycles. The first-order chi connectivity index (χ1) is 7.52. The summed E-state index contributed by atoms with van der Waals surface area (Å²) in [5.74, 6) is 0. The highest BCUT2D eigenvalue weighted by molar-refractivity contribution is 7.30.